The van der Waals surface area contributed by atoms with Gasteiger partial charge in [0.05, 0.1) is 22.7 Å². The van der Waals surface area contributed by atoms with Crippen LogP contribution in [0.3, 0.4) is 0 Å². The monoisotopic (exact) mass is 941 g/mol. The van der Waals surface area contributed by atoms with Gasteiger partial charge in [0.25, 0.3) is 0 Å². The van der Waals surface area contributed by atoms with Gasteiger partial charge in [-0.3, -0.25) is 38.8 Å². The van der Waals surface area contributed by atoms with Crippen LogP contribution in [-0.2, 0) is 19.2 Å². The van der Waals surface area contributed by atoms with Crippen molar-refractivity contribution in [2.24, 2.45) is 58.2 Å². The number of rotatable bonds is 4. The number of hydrogen-bond acceptors (Lipinski definition) is 4. The van der Waals surface area contributed by atoms with Crippen molar-refractivity contribution in [2.75, 3.05) is 19.6 Å². The van der Waals surface area contributed by atoms with Gasteiger partial charge in [0, 0.05) is 23.7 Å². The Bertz CT molecular complexity index is 2520. The van der Waals surface area contributed by atoms with Crippen LogP contribution in [0.4, 0.5) is 22.7 Å². The van der Waals surface area contributed by atoms with Gasteiger partial charge in [-0.25, -0.2) is 0 Å². The Morgan fingerprint density at radius 3 is 0.671 bits per heavy atom. The van der Waals surface area contributed by atoms with E-state index in [-0.39, 0.29) is 23.6 Å². The third-order valence-corrected chi connectivity index (χ3v) is 19.4. The van der Waals surface area contributed by atoms with Crippen molar-refractivity contribution in [3.8, 4) is 0 Å². The van der Waals surface area contributed by atoms with Crippen molar-refractivity contribution in [1.29, 1.82) is 0 Å². The van der Waals surface area contributed by atoms with Gasteiger partial charge in [0.1, 0.15) is 22.2 Å². The second-order valence-electron chi connectivity index (χ2n) is 25.1. The Balaban J connectivity index is 0.000000152. The highest BCUT2D eigenvalue weighted by Gasteiger charge is 2.85. The van der Waals surface area contributed by atoms with Crippen LogP contribution < -0.4 is 19.6 Å². The fraction of sp³-hybridized carbons (Fsp3) is 0.548. The van der Waals surface area contributed by atoms with E-state index in [0.717, 1.165) is 67.3 Å². The van der Waals surface area contributed by atoms with Crippen molar-refractivity contribution in [2.45, 2.75) is 161 Å². The summed E-state index contributed by atoms with van der Waals surface area (Å²) >= 11 is 0. The number of fused-ring (bicyclic) bond motifs is 14. The molecule has 8 atom stereocenters. The Hall–Kier alpha value is -5.24. The first-order valence-corrected chi connectivity index (χ1v) is 26.5. The number of hydrogen-bond donors (Lipinski definition) is 0. The fourth-order valence-corrected chi connectivity index (χ4v) is 17.4. The lowest BCUT2D eigenvalue weighted by Gasteiger charge is -2.53. The molecule has 2 spiro atoms. The molecule has 2 heterocycles. The summed E-state index contributed by atoms with van der Waals surface area (Å²) in [6, 6.07) is 17.5. The van der Waals surface area contributed by atoms with E-state index in [2.05, 4.69) is 151 Å². The molecule has 0 N–H and O–H groups in total. The fourth-order valence-electron chi connectivity index (χ4n) is 17.4. The topological polar surface area (TPSA) is 81.2 Å². The zero-order valence-electron chi connectivity index (χ0n) is 44.9. The second kappa shape index (κ2) is 15.1. The Kier molecular flexibility index (Phi) is 10.2. The molecule has 6 saturated carbocycles. The first-order chi connectivity index (χ1) is 32.8. The van der Waals surface area contributed by atoms with E-state index in [0.29, 0.717) is 47.3 Å². The summed E-state index contributed by atoms with van der Waals surface area (Å²) in [5, 5.41) is 0. The smallest absolute Gasteiger partial charge is 0.244 e. The molecule has 0 unspecified atom stereocenters. The number of aryl methyl sites for hydroxylation is 12. The summed E-state index contributed by atoms with van der Waals surface area (Å²) in [7, 11) is 0. The zero-order chi connectivity index (χ0) is 50.4. The maximum Gasteiger partial charge on any atom is 0.244 e. The molecule has 4 bridgehead atoms. The molecule has 8 nitrogen and oxygen atoms in total. The predicted octanol–water partition coefficient (Wildman–Crippen LogP) is 12.6. The summed E-state index contributed by atoms with van der Waals surface area (Å²) in [5.41, 5.74) is 14.4. The number of anilines is 4. The van der Waals surface area contributed by atoms with Crippen LogP contribution in [0.15, 0.2) is 48.5 Å². The van der Waals surface area contributed by atoms with Crippen LogP contribution in [0.1, 0.15) is 133 Å². The average molecular weight is 941 g/mol. The van der Waals surface area contributed by atoms with E-state index in [9.17, 15) is 19.2 Å². The quantitative estimate of drug-likeness (QED) is 0.191. The molecule has 0 aromatic heterocycles. The molecule has 6 aliphatic carbocycles. The zero-order valence-corrected chi connectivity index (χ0v) is 44.9. The molecule has 8 fully saturated rings. The number of benzene rings is 4. The molecule has 8 aliphatic rings. The Morgan fingerprint density at radius 1 is 0.329 bits per heavy atom. The molecule has 0 radical (unpaired) electrons. The first-order valence-electron chi connectivity index (χ1n) is 26.5. The SMILES string of the molecule is Cc1cc(C)c(N2C(=O)C(C)(C)C(=O)N(c3c(C)cc(C)cc3C)C23[C@@H]2[C@H]4CC[C@H](C4)[C@@H]23)c(C)c1.Cc1cc(C)c(N2C(=O)C(C)(C)C(=O)N(c3c(C)cc(C)cc3C)C23[C@@H]2[C@H]4CC[C@H](C4)[C@@H]23)c(C)c1. The number of carbonyl (C=O) groups is 4. The van der Waals surface area contributed by atoms with Crippen molar-refractivity contribution in [3.05, 3.63) is 115 Å². The maximum atomic E-state index is 14.4. The van der Waals surface area contributed by atoms with Crippen LogP contribution >= 0.6 is 0 Å². The lowest BCUT2D eigenvalue weighted by Crippen LogP contribution is -2.71. The highest BCUT2D eigenvalue weighted by atomic mass is 16.2. The van der Waals surface area contributed by atoms with Gasteiger partial charge in [0.15, 0.2) is 0 Å². The van der Waals surface area contributed by atoms with Crippen molar-refractivity contribution in [3.63, 3.8) is 0 Å². The van der Waals surface area contributed by atoms with E-state index in [4.69, 9.17) is 0 Å². The van der Waals surface area contributed by atoms with E-state index in [1.165, 1.54) is 60.8 Å². The van der Waals surface area contributed by atoms with Crippen LogP contribution in [0.2, 0.25) is 0 Å². The molecular weight excluding hydrogens is 865 g/mol. The molecule has 368 valence electrons. The van der Waals surface area contributed by atoms with Gasteiger partial charge in [0.2, 0.25) is 23.6 Å². The van der Waals surface area contributed by atoms with E-state index >= 15 is 0 Å². The Labute approximate surface area is 417 Å². The number of nitrogens with zero attached hydrogens (tertiary/aromatic N) is 4. The standard InChI is InChI=1S/2C31H38N2O2/c2*1-16-11-18(3)26(19(4)12-16)32-28(34)30(7,8)29(35)33(27-20(5)13-17(2)14-21(27)6)31(32)24-22-9-10-23(15-22)25(24)31/h2*11-14,22-25H,9-10,15H2,1-8H3/t2*22-,23+,24+,25-. The van der Waals surface area contributed by atoms with E-state index in [1.807, 2.05) is 27.7 Å². The molecule has 2 aliphatic heterocycles. The minimum atomic E-state index is -1.13. The van der Waals surface area contributed by atoms with Crippen LogP contribution in [0.5, 0.6) is 0 Å². The largest absolute Gasteiger partial charge is 0.286 e. The van der Waals surface area contributed by atoms with Crippen molar-refractivity contribution in [1.82, 2.24) is 0 Å². The first kappa shape index (κ1) is 47.1. The molecule has 70 heavy (non-hydrogen) atoms. The number of amides is 4. The van der Waals surface area contributed by atoms with Crippen LogP contribution in [0, 0.1) is 141 Å². The van der Waals surface area contributed by atoms with Gasteiger partial charge in [-0.05, 0) is 217 Å². The summed E-state index contributed by atoms with van der Waals surface area (Å²) in [6.45, 7) is 32.8. The van der Waals surface area contributed by atoms with Gasteiger partial charge in [-0.2, -0.15) is 0 Å². The normalized spacial score (nSPS) is 29.8. The summed E-state index contributed by atoms with van der Waals surface area (Å²) in [5.74, 6) is 3.63. The van der Waals surface area contributed by atoms with Gasteiger partial charge in [-0.15, -0.1) is 0 Å². The van der Waals surface area contributed by atoms with Crippen LogP contribution in [-0.4, -0.2) is 35.0 Å². The molecule has 2 saturated heterocycles. The van der Waals surface area contributed by atoms with Gasteiger partial charge in [-0.1, -0.05) is 70.8 Å². The molecule has 4 aromatic rings. The summed E-state index contributed by atoms with van der Waals surface area (Å²) < 4.78 is 0. The lowest BCUT2D eigenvalue weighted by molar-refractivity contribution is -0.144. The minimum Gasteiger partial charge on any atom is -0.286 e. The highest BCUT2D eigenvalue weighted by Crippen LogP contribution is 2.78. The van der Waals surface area contributed by atoms with Gasteiger partial charge < -0.3 is 0 Å². The molecular formula is C62H76N4O4. The van der Waals surface area contributed by atoms with Crippen molar-refractivity contribution >= 4 is 46.4 Å². The third-order valence-electron chi connectivity index (χ3n) is 19.4. The predicted molar refractivity (Wildman–Crippen MR) is 281 cm³/mol. The summed E-state index contributed by atoms with van der Waals surface area (Å²) in [6.07, 6.45) is 7.39. The molecule has 12 rings (SSSR count). The van der Waals surface area contributed by atoms with Crippen molar-refractivity contribution < 1.29 is 19.2 Å². The molecule has 8 heteroatoms. The Morgan fingerprint density at radius 2 is 0.500 bits per heavy atom. The summed E-state index contributed by atoms with van der Waals surface area (Å²) in [4.78, 5) is 66.3. The molecule has 4 aromatic carbocycles. The highest BCUT2D eigenvalue weighted by molar-refractivity contribution is 6.23. The lowest BCUT2D eigenvalue weighted by atomic mass is 9.81. The average Bonchev–Trinajstić information content (AvgIpc) is 3.64. The number of carbonyl (C=O) groups excluding carboxylic acids is 4. The maximum absolute atomic E-state index is 14.4. The second-order valence-corrected chi connectivity index (χ2v) is 25.1. The molecule has 4 amide bonds. The van der Waals surface area contributed by atoms with Gasteiger partial charge >= 0.3 is 0 Å². The van der Waals surface area contributed by atoms with E-state index in [1.54, 1.807) is 0 Å². The van der Waals surface area contributed by atoms with E-state index < -0.39 is 22.2 Å². The minimum absolute atomic E-state index is 0.0370. The van der Waals surface area contributed by atoms with Crippen LogP contribution in [0.25, 0.3) is 0 Å². The third kappa shape index (κ3) is 5.94.